The van der Waals surface area contributed by atoms with Gasteiger partial charge in [-0.25, -0.2) is 14.4 Å². The largest absolute Gasteiger partial charge is 0.459 e. The van der Waals surface area contributed by atoms with Crippen LogP contribution in [-0.4, -0.2) is 82.4 Å². The van der Waals surface area contributed by atoms with Gasteiger partial charge in [-0.1, -0.05) is 42.4 Å². The van der Waals surface area contributed by atoms with E-state index in [0.717, 1.165) is 0 Å². The molecule has 2 atom stereocenters. The standard InChI is InChI=1S/C26H48N4O8S2/c1-23(2,3)36-18(31)14-27-19(32)17(15-39-40-26(10,11)12)29-21(34)28-13-16(20(33)37-24(4,5)6)30-22(35)38-25(7,8)9/h16-17H,13-15H2,1-12H3,(H,27,32)(H,30,35)(H2,28,29,34). The molecule has 0 aromatic carbocycles. The number of alkyl carbamates (subject to hydrolysis) is 1. The van der Waals surface area contributed by atoms with E-state index in [9.17, 15) is 24.0 Å². The van der Waals surface area contributed by atoms with E-state index in [1.807, 2.05) is 20.8 Å². The van der Waals surface area contributed by atoms with Crippen molar-refractivity contribution < 1.29 is 38.2 Å². The monoisotopic (exact) mass is 608 g/mol. The third kappa shape index (κ3) is 20.5. The van der Waals surface area contributed by atoms with E-state index in [-0.39, 0.29) is 23.6 Å². The van der Waals surface area contributed by atoms with Gasteiger partial charge in [0.25, 0.3) is 0 Å². The maximum atomic E-state index is 12.9. The number of carbonyl (C=O) groups is 5. The van der Waals surface area contributed by atoms with Crippen molar-refractivity contribution in [2.24, 2.45) is 0 Å². The van der Waals surface area contributed by atoms with E-state index in [0.29, 0.717) is 0 Å². The van der Waals surface area contributed by atoms with Gasteiger partial charge in [-0.05, 0) is 62.3 Å². The van der Waals surface area contributed by atoms with Gasteiger partial charge in [0, 0.05) is 10.5 Å². The predicted molar refractivity (Wildman–Crippen MR) is 158 cm³/mol. The van der Waals surface area contributed by atoms with Crippen LogP contribution in [0.1, 0.15) is 83.1 Å². The Balaban J connectivity index is 5.42. The summed E-state index contributed by atoms with van der Waals surface area (Å²) >= 11 is 0. The first kappa shape index (κ1) is 37.6. The molecule has 0 bridgehead atoms. The van der Waals surface area contributed by atoms with Gasteiger partial charge in [0.05, 0.1) is 6.54 Å². The number of urea groups is 1. The molecule has 4 amide bonds. The van der Waals surface area contributed by atoms with Gasteiger partial charge >= 0.3 is 24.1 Å². The van der Waals surface area contributed by atoms with E-state index in [2.05, 4.69) is 21.3 Å². The first-order valence-corrected chi connectivity index (χ1v) is 15.3. The topological polar surface area (TPSA) is 161 Å². The molecule has 40 heavy (non-hydrogen) atoms. The Labute approximate surface area is 246 Å². The molecule has 0 fully saturated rings. The van der Waals surface area contributed by atoms with Crippen LogP contribution in [0.15, 0.2) is 0 Å². The van der Waals surface area contributed by atoms with Crippen LogP contribution in [-0.2, 0) is 28.6 Å². The van der Waals surface area contributed by atoms with Crippen molar-refractivity contribution in [2.75, 3.05) is 18.8 Å². The fourth-order valence-electron chi connectivity index (χ4n) is 2.54. The summed E-state index contributed by atoms with van der Waals surface area (Å²) in [5.74, 6) is -1.78. The molecule has 0 aromatic heterocycles. The third-order valence-corrected chi connectivity index (χ3v) is 7.19. The van der Waals surface area contributed by atoms with Gasteiger partial charge in [0.2, 0.25) is 5.91 Å². The summed E-state index contributed by atoms with van der Waals surface area (Å²) in [6.45, 7) is 20.5. The molecular formula is C26H48N4O8S2. The minimum atomic E-state index is -1.26. The number of rotatable bonds is 11. The van der Waals surface area contributed by atoms with Crippen LogP contribution >= 0.6 is 21.6 Å². The van der Waals surface area contributed by atoms with E-state index in [1.165, 1.54) is 21.6 Å². The molecule has 0 aliphatic heterocycles. The lowest BCUT2D eigenvalue weighted by Crippen LogP contribution is -2.56. The van der Waals surface area contributed by atoms with E-state index in [1.54, 1.807) is 62.3 Å². The lowest BCUT2D eigenvalue weighted by Gasteiger charge is -2.26. The summed E-state index contributed by atoms with van der Waals surface area (Å²) < 4.78 is 15.7. The molecule has 0 aromatic rings. The fraction of sp³-hybridized carbons (Fsp3) is 0.808. The van der Waals surface area contributed by atoms with Crippen LogP contribution in [0.4, 0.5) is 9.59 Å². The average molecular weight is 609 g/mol. The molecule has 0 saturated carbocycles. The maximum Gasteiger partial charge on any atom is 0.408 e. The maximum absolute atomic E-state index is 12.9. The second kappa shape index (κ2) is 15.6. The minimum Gasteiger partial charge on any atom is -0.459 e. The Morgan fingerprint density at radius 1 is 0.675 bits per heavy atom. The Morgan fingerprint density at radius 2 is 1.20 bits per heavy atom. The van der Waals surface area contributed by atoms with Crippen molar-refractivity contribution >= 4 is 51.6 Å². The SMILES string of the molecule is CC(C)(C)OC(=O)CNC(=O)C(CSSC(C)(C)C)NC(=O)NCC(NC(=O)OC(C)(C)C)C(=O)OC(C)(C)C. The molecule has 0 radical (unpaired) electrons. The molecule has 2 unspecified atom stereocenters. The van der Waals surface area contributed by atoms with Crippen molar-refractivity contribution in [3.05, 3.63) is 0 Å². The Morgan fingerprint density at radius 3 is 1.68 bits per heavy atom. The van der Waals surface area contributed by atoms with Crippen LogP contribution in [0, 0.1) is 0 Å². The van der Waals surface area contributed by atoms with Crippen LogP contribution in [0.25, 0.3) is 0 Å². The highest BCUT2D eigenvalue weighted by Gasteiger charge is 2.30. The summed E-state index contributed by atoms with van der Waals surface area (Å²) in [4.78, 5) is 62.7. The summed E-state index contributed by atoms with van der Waals surface area (Å²) in [6, 6.07) is -3.04. The summed E-state index contributed by atoms with van der Waals surface area (Å²) in [5.41, 5.74) is -2.36. The molecule has 0 aliphatic carbocycles. The fourth-order valence-corrected chi connectivity index (χ4v) is 5.01. The Bertz CT molecular complexity index is 887. The highest BCUT2D eigenvalue weighted by Crippen LogP contribution is 2.35. The molecule has 4 N–H and O–H groups in total. The molecule has 232 valence electrons. The molecule has 0 saturated heterocycles. The first-order valence-electron chi connectivity index (χ1n) is 12.9. The van der Waals surface area contributed by atoms with Crippen LogP contribution in [0.2, 0.25) is 0 Å². The molecule has 12 nitrogen and oxygen atoms in total. The zero-order valence-electron chi connectivity index (χ0n) is 25.9. The van der Waals surface area contributed by atoms with Crippen molar-refractivity contribution in [2.45, 2.75) is 117 Å². The number of nitrogens with one attached hydrogen (secondary N) is 4. The second-order valence-electron chi connectivity index (χ2n) is 12.9. The number of carbonyl (C=O) groups excluding carboxylic acids is 5. The second-order valence-corrected chi connectivity index (χ2v) is 16.1. The predicted octanol–water partition coefficient (Wildman–Crippen LogP) is 3.53. The highest BCUT2D eigenvalue weighted by molar-refractivity contribution is 8.77. The zero-order chi connectivity index (χ0) is 31.5. The van der Waals surface area contributed by atoms with Crippen molar-refractivity contribution in [1.29, 1.82) is 0 Å². The molecule has 0 heterocycles. The van der Waals surface area contributed by atoms with Crippen LogP contribution in [0.5, 0.6) is 0 Å². The third-order valence-electron chi connectivity index (χ3n) is 3.84. The summed E-state index contributed by atoms with van der Waals surface area (Å²) in [5, 5.41) is 9.96. The lowest BCUT2D eigenvalue weighted by molar-refractivity contribution is -0.157. The van der Waals surface area contributed by atoms with Gasteiger partial charge < -0.3 is 35.5 Å². The molecule has 0 spiro atoms. The molecular weight excluding hydrogens is 560 g/mol. The highest BCUT2D eigenvalue weighted by atomic mass is 33.1. The number of amides is 4. The van der Waals surface area contributed by atoms with Crippen LogP contribution < -0.4 is 21.3 Å². The van der Waals surface area contributed by atoms with E-state index in [4.69, 9.17) is 14.2 Å². The Hall–Kier alpha value is -2.35. The van der Waals surface area contributed by atoms with Gasteiger partial charge in [-0.15, -0.1) is 0 Å². The normalized spacial score (nSPS) is 13.8. The van der Waals surface area contributed by atoms with Gasteiger partial charge in [0.15, 0.2) is 0 Å². The number of esters is 2. The van der Waals surface area contributed by atoms with Crippen LogP contribution in [0.3, 0.4) is 0 Å². The number of ether oxygens (including phenoxy) is 3. The summed E-state index contributed by atoms with van der Waals surface area (Å²) in [6.07, 6.45) is -0.861. The smallest absolute Gasteiger partial charge is 0.408 e. The summed E-state index contributed by atoms with van der Waals surface area (Å²) in [7, 11) is 2.91. The number of hydrogen-bond donors (Lipinski definition) is 4. The quantitative estimate of drug-likeness (QED) is 0.155. The van der Waals surface area contributed by atoms with Crippen molar-refractivity contribution in [1.82, 2.24) is 21.3 Å². The lowest BCUT2D eigenvalue weighted by atomic mass is 10.2. The molecule has 14 heteroatoms. The number of hydrogen-bond acceptors (Lipinski definition) is 10. The van der Waals surface area contributed by atoms with E-state index >= 15 is 0 Å². The van der Waals surface area contributed by atoms with Gasteiger partial charge in [-0.3, -0.25) is 9.59 Å². The zero-order valence-corrected chi connectivity index (χ0v) is 27.5. The van der Waals surface area contributed by atoms with Gasteiger partial charge in [0.1, 0.15) is 35.4 Å². The average Bonchev–Trinajstić information content (AvgIpc) is 2.69. The first-order chi connectivity index (χ1) is 17.9. The van der Waals surface area contributed by atoms with E-state index < -0.39 is 58.9 Å². The molecule has 0 aliphatic rings. The minimum absolute atomic E-state index is 0.0988. The molecule has 0 rings (SSSR count). The van der Waals surface area contributed by atoms with Gasteiger partial charge in [-0.2, -0.15) is 0 Å². The Kier molecular flexibility index (Phi) is 14.7. The van der Waals surface area contributed by atoms with Crippen molar-refractivity contribution in [3.8, 4) is 0 Å². The van der Waals surface area contributed by atoms with Crippen molar-refractivity contribution in [3.63, 3.8) is 0 Å².